The maximum atomic E-state index is 5.43. The van der Waals surface area contributed by atoms with Crippen molar-refractivity contribution < 1.29 is 9.47 Å². The number of aliphatic imine (C=N–C) groups is 1. The standard InChI is InChI=1S/C21H23N5O2.HI/c1-2-22-21(23-13-16-8-9-19-20(12-16)28-15-27-19)24-14-17-10-11-26(25-17)18-6-4-3-5-7-18;/h3-12H,2,13-15H2,1H3,(H2,22,23,24);1H. The number of hydrogen-bond donors (Lipinski definition) is 2. The Bertz CT molecular complexity index is 959. The molecule has 0 bridgehead atoms. The molecule has 4 rings (SSSR count). The summed E-state index contributed by atoms with van der Waals surface area (Å²) in [4.78, 5) is 4.65. The number of benzene rings is 2. The molecule has 0 atom stereocenters. The summed E-state index contributed by atoms with van der Waals surface area (Å²) in [5.41, 5.74) is 3.05. The molecule has 7 nitrogen and oxygen atoms in total. The molecule has 2 N–H and O–H groups in total. The van der Waals surface area contributed by atoms with E-state index in [2.05, 4.69) is 20.7 Å². The third kappa shape index (κ3) is 5.41. The average Bonchev–Trinajstić information content (AvgIpc) is 3.40. The monoisotopic (exact) mass is 505 g/mol. The van der Waals surface area contributed by atoms with Crippen LogP contribution in [0.3, 0.4) is 0 Å². The maximum absolute atomic E-state index is 5.43. The normalized spacial score (nSPS) is 12.4. The molecule has 8 heteroatoms. The van der Waals surface area contributed by atoms with E-state index >= 15 is 0 Å². The molecule has 0 amide bonds. The van der Waals surface area contributed by atoms with Crippen molar-refractivity contribution in [2.75, 3.05) is 13.3 Å². The van der Waals surface area contributed by atoms with Crippen molar-refractivity contribution in [3.8, 4) is 17.2 Å². The fourth-order valence-electron chi connectivity index (χ4n) is 2.91. The van der Waals surface area contributed by atoms with Crippen LogP contribution in [0.5, 0.6) is 11.5 Å². The Morgan fingerprint density at radius 3 is 2.72 bits per heavy atom. The van der Waals surface area contributed by atoms with Crippen LogP contribution in [0, 0.1) is 0 Å². The Morgan fingerprint density at radius 1 is 1.07 bits per heavy atom. The SMILES string of the molecule is CCNC(=NCc1ccc2c(c1)OCO2)NCc1ccn(-c2ccccc2)n1.I. The number of nitrogens with zero attached hydrogens (tertiary/aromatic N) is 3. The first kappa shape index (κ1) is 21.0. The second-order valence-corrected chi connectivity index (χ2v) is 6.32. The number of para-hydroxylation sites is 1. The quantitative estimate of drug-likeness (QED) is 0.305. The van der Waals surface area contributed by atoms with Crippen LogP contribution < -0.4 is 20.1 Å². The molecule has 1 aliphatic heterocycles. The summed E-state index contributed by atoms with van der Waals surface area (Å²) in [6, 6.07) is 17.9. The number of guanidine groups is 1. The number of nitrogens with one attached hydrogen (secondary N) is 2. The molecule has 2 aromatic carbocycles. The lowest BCUT2D eigenvalue weighted by molar-refractivity contribution is 0.174. The molecular formula is C21H24IN5O2. The first-order chi connectivity index (χ1) is 13.8. The molecule has 1 aromatic heterocycles. The van der Waals surface area contributed by atoms with Gasteiger partial charge in [-0.05, 0) is 42.8 Å². The van der Waals surface area contributed by atoms with Crippen LogP contribution in [0.4, 0.5) is 0 Å². The lowest BCUT2D eigenvalue weighted by Crippen LogP contribution is -2.36. The Kier molecular flexibility index (Phi) is 7.34. The molecule has 29 heavy (non-hydrogen) atoms. The van der Waals surface area contributed by atoms with Crippen molar-refractivity contribution in [1.82, 2.24) is 20.4 Å². The van der Waals surface area contributed by atoms with Gasteiger partial charge < -0.3 is 20.1 Å². The van der Waals surface area contributed by atoms with Gasteiger partial charge in [0.1, 0.15) is 0 Å². The van der Waals surface area contributed by atoms with E-state index in [9.17, 15) is 0 Å². The predicted molar refractivity (Wildman–Crippen MR) is 123 cm³/mol. The summed E-state index contributed by atoms with van der Waals surface area (Å²) in [7, 11) is 0. The van der Waals surface area contributed by atoms with E-state index in [4.69, 9.17) is 9.47 Å². The van der Waals surface area contributed by atoms with E-state index in [1.165, 1.54) is 0 Å². The van der Waals surface area contributed by atoms with Crippen LogP contribution in [0.25, 0.3) is 5.69 Å². The molecule has 152 valence electrons. The third-order valence-electron chi connectivity index (χ3n) is 4.30. The molecule has 0 saturated heterocycles. The lowest BCUT2D eigenvalue weighted by Gasteiger charge is -2.10. The summed E-state index contributed by atoms with van der Waals surface area (Å²) in [6.45, 7) is 4.24. The van der Waals surface area contributed by atoms with Crippen LogP contribution in [0.2, 0.25) is 0 Å². The van der Waals surface area contributed by atoms with Gasteiger partial charge in [0.15, 0.2) is 17.5 Å². The summed E-state index contributed by atoms with van der Waals surface area (Å²) in [5.74, 6) is 2.30. The molecule has 0 saturated carbocycles. The van der Waals surface area contributed by atoms with Gasteiger partial charge in [0, 0.05) is 12.7 Å². The Labute approximate surface area is 187 Å². The molecule has 0 fully saturated rings. The van der Waals surface area contributed by atoms with E-state index in [0.717, 1.165) is 40.9 Å². The highest BCUT2D eigenvalue weighted by Gasteiger charge is 2.13. The summed E-state index contributed by atoms with van der Waals surface area (Å²) in [6.07, 6.45) is 1.96. The minimum atomic E-state index is 0. The Morgan fingerprint density at radius 2 is 1.90 bits per heavy atom. The van der Waals surface area contributed by atoms with Crippen molar-refractivity contribution in [1.29, 1.82) is 0 Å². The van der Waals surface area contributed by atoms with E-state index in [-0.39, 0.29) is 30.8 Å². The summed E-state index contributed by atoms with van der Waals surface area (Å²) in [5, 5.41) is 11.2. The maximum Gasteiger partial charge on any atom is 0.231 e. The highest BCUT2D eigenvalue weighted by molar-refractivity contribution is 14.0. The highest BCUT2D eigenvalue weighted by atomic mass is 127. The topological polar surface area (TPSA) is 72.7 Å². The first-order valence-corrected chi connectivity index (χ1v) is 9.32. The Hall–Kier alpha value is -2.75. The van der Waals surface area contributed by atoms with Crippen LogP contribution in [-0.2, 0) is 13.1 Å². The molecule has 3 aromatic rings. The average molecular weight is 505 g/mol. The minimum absolute atomic E-state index is 0. The summed E-state index contributed by atoms with van der Waals surface area (Å²) < 4.78 is 12.6. The van der Waals surface area contributed by atoms with Gasteiger partial charge in [-0.2, -0.15) is 5.10 Å². The van der Waals surface area contributed by atoms with E-state index in [1.54, 1.807) is 0 Å². The molecule has 0 spiro atoms. The molecule has 0 radical (unpaired) electrons. The Balaban J connectivity index is 0.00000240. The molecular weight excluding hydrogens is 481 g/mol. The van der Waals surface area contributed by atoms with Gasteiger partial charge in [0.25, 0.3) is 0 Å². The van der Waals surface area contributed by atoms with Crippen molar-refractivity contribution in [2.45, 2.75) is 20.0 Å². The number of halogens is 1. The van der Waals surface area contributed by atoms with Crippen LogP contribution >= 0.6 is 24.0 Å². The third-order valence-corrected chi connectivity index (χ3v) is 4.30. The zero-order valence-corrected chi connectivity index (χ0v) is 18.5. The largest absolute Gasteiger partial charge is 0.454 e. The van der Waals surface area contributed by atoms with Crippen molar-refractivity contribution in [3.05, 3.63) is 72.1 Å². The number of ether oxygens (including phenoxy) is 2. The fourth-order valence-corrected chi connectivity index (χ4v) is 2.91. The van der Waals surface area contributed by atoms with Crippen molar-refractivity contribution in [3.63, 3.8) is 0 Å². The minimum Gasteiger partial charge on any atom is -0.454 e. The molecule has 0 unspecified atom stereocenters. The summed E-state index contributed by atoms with van der Waals surface area (Å²) >= 11 is 0. The molecule has 0 aliphatic carbocycles. The second kappa shape index (κ2) is 10.1. The smallest absolute Gasteiger partial charge is 0.231 e. The fraction of sp³-hybridized carbons (Fsp3) is 0.238. The predicted octanol–water partition coefficient (Wildman–Crippen LogP) is 3.47. The van der Waals surface area contributed by atoms with E-state index in [0.29, 0.717) is 13.1 Å². The number of rotatable bonds is 6. The van der Waals surface area contributed by atoms with Gasteiger partial charge in [-0.3, -0.25) is 0 Å². The van der Waals surface area contributed by atoms with Gasteiger partial charge in [-0.1, -0.05) is 24.3 Å². The van der Waals surface area contributed by atoms with Gasteiger partial charge in [-0.25, -0.2) is 9.67 Å². The van der Waals surface area contributed by atoms with Crippen LogP contribution in [0.15, 0.2) is 65.8 Å². The highest BCUT2D eigenvalue weighted by Crippen LogP contribution is 2.32. The van der Waals surface area contributed by atoms with Gasteiger partial charge in [-0.15, -0.1) is 24.0 Å². The zero-order chi connectivity index (χ0) is 19.2. The van der Waals surface area contributed by atoms with Crippen LogP contribution in [0.1, 0.15) is 18.2 Å². The first-order valence-electron chi connectivity index (χ1n) is 9.32. The number of aromatic nitrogens is 2. The van der Waals surface area contributed by atoms with Crippen molar-refractivity contribution >= 4 is 29.9 Å². The van der Waals surface area contributed by atoms with Crippen LogP contribution in [-0.4, -0.2) is 29.1 Å². The van der Waals surface area contributed by atoms with E-state index in [1.807, 2.05) is 72.4 Å². The van der Waals surface area contributed by atoms with E-state index < -0.39 is 0 Å². The molecule has 1 aliphatic rings. The lowest BCUT2D eigenvalue weighted by atomic mass is 10.2. The van der Waals surface area contributed by atoms with Gasteiger partial charge >= 0.3 is 0 Å². The zero-order valence-electron chi connectivity index (χ0n) is 16.2. The molecule has 2 heterocycles. The van der Waals surface area contributed by atoms with Crippen molar-refractivity contribution in [2.24, 2.45) is 4.99 Å². The number of fused-ring (bicyclic) bond motifs is 1. The second-order valence-electron chi connectivity index (χ2n) is 6.32. The van der Waals surface area contributed by atoms with Gasteiger partial charge in [0.2, 0.25) is 6.79 Å². The van der Waals surface area contributed by atoms with Gasteiger partial charge in [0.05, 0.1) is 24.5 Å². The number of hydrogen-bond acceptors (Lipinski definition) is 4.